The highest BCUT2D eigenvalue weighted by molar-refractivity contribution is 9.10. The molecule has 2 N–H and O–H groups in total. The first kappa shape index (κ1) is 17.5. The van der Waals surface area contributed by atoms with Gasteiger partial charge in [-0.25, -0.2) is 0 Å². The molecular weight excluding hydrogens is 375 g/mol. The van der Waals surface area contributed by atoms with E-state index in [-0.39, 0.29) is 12.5 Å². The molecule has 0 bridgehead atoms. The highest BCUT2D eigenvalue weighted by atomic mass is 79.9. The summed E-state index contributed by atoms with van der Waals surface area (Å²) in [6.45, 7) is -0.0970. The van der Waals surface area contributed by atoms with Crippen molar-refractivity contribution in [3.63, 3.8) is 0 Å². The molecule has 0 aliphatic heterocycles. The van der Waals surface area contributed by atoms with Gasteiger partial charge in [-0.15, -0.1) is 0 Å². The van der Waals surface area contributed by atoms with E-state index in [1.54, 1.807) is 24.3 Å². The molecule has 0 aliphatic rings. The molecule has 122 valence electrons. The van der Waals surface area contributed by atoms with Gasteiger partial charge in [0, 0.05) is 16.6 Å². The van der Waals surface area contributed by atoms with Crippen LogP contribution in [0.2, 0.25) is 0 Å². The van der Waals surface area contributed by atoms with Crippen molar-refractivity contribution in [2.24, 2.45) is 0 Å². The van der Waals surface area contributed by atoms with Crippen LogP contribution in [0.3, 0.4) is 0 Å². The molecule has 1 unspecified atom stereocenters. The maximum atomic E-state index is 12.5. The number of carbonyl (C=O) groups is 1. The molecule has 3 nitrogen and oxygen atoms in total. The molecule has 0 aromatic heterocycles. The molecule has 2 rings (SSSR count). The Bertz CT molecular complexity index is 669. The van der Waals surface area contributed by atoms with Crippen LogP contribution >= 0.6 is 15.9 Å². The van der Waals surface area contributed by atoms with E-state index in [4.69, 9.17) is 0 Å². The van der Waals surface area contributed by atoms with E-state index in [1.165, 1.54) is 12.1 Å². The molecule has 2 aromatic carbocycles. The van der Waals surface area contributed by atoms with Crippen LogP contribution in [0.15, 0.2) is 53.0 Å². The van der Waals surface area contributed by atoms with E-state index in [0.717, 1.165) is 16.6 Å². The van der Waals surface area contributed by atoms with Gasteiger partial charge in [-0.3, -0.25) is 4.79 Å². The van der Waals surface area contributed by atoms with Crippen molar-refractivity contribution in [3.05, 3.63) is 69.7 Å². The van der Waals surface area contributed by atoms with Gasteiger partial charge in [0.15, 0.2) is 0 Å². The van der Waals surface area contributed by atoms with Crippen molar-refractivity contribution in [1.82, 2.24) is 5.32 Å². The Morgan fingerprint density at radius 2 is 1.65 bits per heavy atom. The zero-order chi connectivity index (χ0) is 17.0. The smallest absolute Gasteiger partial charge is 0.387 e. The molecule has 2 aromatic rings. The zero-order valence-corrected chi connectivity index (χ0v) is 13.4. The quantitative estimate of drug-likeness (QED) is 0.834. The third-order valence-electron chi connectivity index (χ3n) is 3.19. The lowest BCUT2D eigenvalue weighted by atomic mass is 10.1. The number of rotatable bonds is 4. The van der Waals surface area contributed by atoms with Gasteiger partial charge in [0.1, 0.15) is 0 Å². The molecule has 1 amide bonds. The minimum absolute atomic E-state index is 0.0970. The Morgan fingerprint density at radius 1 is 1.09 bits per heavy atom. The Kier molecular flexibility index (Phi) is 5.43. The lowest BCUT2D eigenvalue weighted by Gasteiger charge is -2.14. The minimum Gasteiger partial charge on any atom is -0.387 e. The maximum absolute atomic E-state index is 12.5. The van der Waals surface area contributed by atoms with Crippen LogP contribution in [0.5, 0.6) is 0 Å². The second kappa shape index (κ2) is 7.14. The average molecular weight is 388 g/mol. The van der Waals surface area contributed by atoms with Gasteiger partial charge in [-0.2, -0.15) is 13.2 Å². The second-order valence-corrected chi connectivity index (χ2v) is 5.77. The topological polar surface area (TPSA) is 49.3 Å². The summed E-state index contributed by atoms with van der Waals surface area (Å²) < 4.78 is 38.2. The van der Waals surface area contributed by atoms with Gasteiger partial charge in [-0.1, -0.05) is 28.1 Å². The largest absolute Gasteiger partial charge is 0.416 e. The van der Waals surface area contributed by atoms with Crippen LogP contribution < -0.4 is 5.32 Å². The van der Waals surface area contributed by atoms with Gasteiger partial charge in [-0.05, 0) is 42.0 Å². The fraction of sp³-hybridized carbons (Fsp3) is 0.188. The van der Waals surface area contributed by atoms with E-state index >= 15 is 0 Å². The number of hydrogen-bond acceptors (Lipinski definition) is 2. The van der Waals surface area contributed by atoms with Crippen molar-refractivity contribution in [2.45, 2.75) is 12.3 Å². The Morgan fingerprint density at radius 3 is 2.17 bits per heavy atom. The highest BCUT2D eigenvalue weighted by Crippen LogP contribution is 2.29. The third-order valence-corrected chi connectivity index (χ3v) is 3.71. The monoisotopic (exact) mass is 387 g/mol. The van der Waals surface area contributed by atoms with E-state index in [9.17, 15) is 23.1 Å². The molecule has 1 atom stereocenters. The van der Waals surface area contributed by atoms with Crippen LogP contribution in [0.4, 0.5) is 13.2 Å². The first-order chi connectivity index (χ1) is 10.8. The number of aliphatic hydroxyl groups is 1. The second-order valence-electron chi connectivity index (χ2n) is 4.85. The van der Waals surface area contributed by atoms with Gasteiger partial charge >= 0.3 is 6.18 Å². The van der Waals surface area contributed by atoms with Crippen molar-refractivity contribution in [2.75, 3.05) is 6.54 Å². The summed E-state index contributed by atoms with van der Waals surface area (Å²) in [5.74, 6) is -0.372. The number of nitrogens with one attached hydrogen (secondary N) is 1. The van der Waals surface area contributed by atoms with Crippen molar-refractivity contribution in [3.8, 4) is 0 Å². The fourth-order valence-corrected chi connectivity index (χ4v) is 2.17. The fourth-order valence-electron chi connectivity index (χ4n) is 1.90. The van der Waals surface area contributed by atoms with Crippen LogP contribution in [-0.4, -0.2) is 17.6 Å². The standard InChI is InChI=1S/C16H13BrF3NO2/c17-13-7-3-11(4-8-13)15(23)21-9-14(22)10-1-5-12(6-2-10)16(18,19)20/h1-8,14,22H,9H2,(H,21,23). The molecule has 23 heavy (non-hydrogen) atoms. The molecule has 0 radical (unpaired) electrons. The third kappa shape index (κ3) is 4.80. The molecule has 0 heterocycles. The molecule has 0 fully saturated rings. The van der Waals surface area contributed by atoms with Crippen LogP contribution in [-0.2, 0) is 6.18 Å². The van der Waals surface area contributed by atoms with Gasteiger partial charge in [0.05, 0.1) is 11.7 Å². The van der Waals surface area contributed by atoms with E-state index in [0.29, 0.717) is 11.1 Å². The number of hydrogen-bond donors (Lipinski definition) is 2. The van der Waals surface area contributed by atoms with Crippen molar-refractivity contribution >= 4 is 21.8 Å². The molecule has 0 spiro atoms. The summed E-state index contributed by atoms with van der Waals surface area (Å²) in [5.41, 5.74) is -0.0609. The summed E-state index contributed by atoms with van der Waals surface area (Å²) in [5, 5.41) is 12.5. The summed E-state index contributed by atoms with van der Waals surface area (Å²) in [6, 6.07) is 10.8. The lowest BCUT2D eigenvalue weighted by molar-refractivity contribution is -0.137. The number of carbonyl (C=O) groups excluding carboxylic acids is 1. The number of benzene rings is 2. The van der Waals surface area contributed by atoms with Crippen molar-refractivity contribution in [1.29, 1.82) is 0 Å². The molecule has 7 heteroatoms. The number of alkyl halides is 3. The minimum atomic E-state index is -4.42. The van der Waals surface area contributed by atoms with Gasteiger partial charge < -0.3 is 10.4 Å². The van der Waals surface area contributed by atoms with Crippen molar-refractivity contribution < 1.29 is 23.1 Å². The number of amides is 1. The molecule has 0 saturated carbocycles. The van der Waals surface area contributed by atoms with Crippen LogP contribution in [0.25, 0.3) is 0 Å². The summed E-state index contributed by atoms with van der Waals surface area (Å²) >= 11 is 3.26. The lowest BCUT2D eigenvalue weighted by Crippen LogP contribution is -2.28. The Hall–Kier alpha value is -1.86. The summed E-state index contributed by atoms with van der Waals surface area (Å²) in [6.07, 6.45) is -5.50. The summed E-state index contributed by atoms with van der Waals surface area (Å²) in [4.78, 5) is 11.9. The maximum Gasteiger partial charge on any atom is 0.416 e. The van der Waals surface area contributed by atoms with Crippen LogP contribution in [0, 0.1) is 0 Å². The molecular formula is C16H13BrF3NO2. The molecule has 0 saturated heterocycles. The number of halogens is 4. The average Bonchev–Trinajstić information content (AvgIpc) is 2.52. The van der Waals surface area contributed by atoms with E-state index in [2.05, 4.69) is 21.2 Å². The van der Waals surface area contributed by atoms with Gasteiger partial charge in [0.2, 0.25) is 0 Å². The van der Waals surface area contributed by atoms with E-state index in [1.807, 2.05) is 0 Å². The SMILES string of the molecule is O=C(NCC(O)c1ccc(C(F)(F)F)cc1)c1ccc(Br)cc1. The predicted molar refractivity (Wildman–Crippen MR) is 82.9 cm³/mol. The first-order valence-electron chi connectivity index (χ1n) is 6.66. The summed E-state index contributed by atoms with van der Waals surface area (Å²) in [7, 11) is 0. The first-order valence-corrected chi connectivity index (χ1v) is 7.45. The normalized spacial score (nSPS) is 12.7. The van der Waals surface area contributed by atoms with Gasteiger partial charge in [0.25, 0.3) is 5.91 Å². The molecule has 0 aliphatic carbocycles. The predicted octanol–water partition coefficient (Wildman–Crippen LogP) is 3.93. The van der Waals surface area contributed by atoms with Crippen LogP contribution in [0.1, 0.15) is 27.6 Å². The zero-order valence-electron chi connectivity index (χ0n) is 11.8. The number of aliphatic hydroxyl groups excluding tert-OH is 1. The Balaban J connectivity index is 1.95. The highest BCUT2D eigenvalue weighted by Gasteiger charge is 2.30. The van der Waals surface area contributed by atoms with E-state index < -0.39 is 17.8 Å². The Labute approximate surface area is 139 Å².